The van der Waals surface area contributed by atoms with Gasteiger partial charge in [0, 0.05) is 12.0 Å². The minimum atomic E-state index is -0.207. The molecule has 21 heavy (non-hydrogen) atoms. The molecule has 4 nitrogen and oxygen atoms in total. The number of benzene rings is 2. The first-order chi connectivity index (χ1) is 10.1. The van der Waals surface area contributed by atoms with Crippen molar-refractivity contribution in [2.24, 2.45) is 0 Å². The summed E-state index contributed by atoms with van der Waals surface area (Å²) in [6.45, 7) is 1.98. The van der Waals surface area contributed by atoms with Crippen LogP contribution in [0.4, 0.5) is 0 Å². The molecule has 0 saturated heterocycles. The standard InChI is InChI=1S/C17H16O4/c1-10-7-11(3-6-15(10)20-2)8-13-9-12-4-5-14(18)16(19)17(12)21-13/h3-8,18-19H,9H2,1-2H3. The summed E-state index contributed by atoms with van der Waals surface area (Å²) >= 11 is 0. The number of allylic oxidation sites excluding steroid dienone is 1. The molecule has 1 aliphatic rings. The predicted molar refractivity (Wildman–Crippen MR) is 79.8 cm³/mol. The zero-order valence-corrected chi connectivity index (χ0v) is 11.9. The van der Waals surface area contributed by atoms with Gasteiger partial charge >= 0.3 is 0 Å². The Kier molecular flexibility index (Phi) is 3.22. The van der Waals surface area contributed by atoms with E-state index >= 15 is 0 Å². The van der Waals surface area contributed by atoms with Crippen molar-refractivity contribution in [3.05, 3.63) is 52.8 Å². The maximum absolute atomic E-state index is 9.80. The van der Waals surface area contributed by atoms with Crippen LogP contribution in [-0.2, 0) is 6.42 Å². The molecule has 3 rings (SSSR count). The van der Waals surface area contributed by atoms with Gasteiger partial charge in [0.1, 0.15) is 11.5 Å². The van der Waals surface area contributed by atoms with Gasteiger partial charge < -0.3 is 19.7 Å². The van der Waals surface area contributed by atoms with Crippen molar-refractivity contribution in [2.75, 3.05) is 7.11 Å². The monoisotopic (exact) mass is 284 g/mol. The fraction of sp³-hybridized carbons (Fsp3) is 0.176. The minimum absolute atomic E-state index is 0.171. The highest BCUT2D eigenvalue weighted by atomic mass is 16.5. The van der Waals surface area contributed by atoms with Gasteiger partial charge in [-0.05, 0) is 42.3 Å². The predicted octanol–water partition coefficient (Wildman–Crippen LogP) is 3.39. The second kappa shape index (κ2) is 5.05. The first kappa shape index (κ1) is 13.4. The minimum Gasteiger partial charge on any atom is -0.504 e. The van der Waals surface area contributed by atoms with Gasteiger partial charge in [0.25, 0.3) is 0 Å². The third-order valence-corrected chi connectivity index (χ3v) is 3.54. The van der Waals surface area contributed by atoms with E-state index in [9.17, 15) is 10.2 Å². The molecule has 0 amide bonds. The van der Waals surface area contributed by atoms with Crippen LogP contribution in [0, 0.1) is 6.92 Å². The van der Waals surface area contributed by atoms with Gasteiger partial charge in [-0.25, -0.2) is 0 Å². The van der Waals surface area contributed by atoms with Crippen molar-refractivity contribution in [1.82, 2.24) is 0 Å². The van der Waals surface area contributed by atoms with E-state index in [1.54, 1.807) is 13.2 Å². The van der Waals surface area contributed by atoms with Crippen LogP contribution in [0.5, 0.6) is 23.0 Å². The van der Waals surface area contributed by atoms with Crippen molar-refractivity contribution >= 4 is 6.08 Å². The topological polar surface area (TPSA) is 58.9 Å². The Hall–Kier alpha value is -2.62. The molecule has 0 aromatic heterocycles. The number of phenolic OH excluding ortho intramolecular Hbond substituents is 2. The van der Waals surface area contributed by atoms with Gasteiger partial charge in [-0.15, -0.1) is 0 Å². The lowest BCUT2D eigenvalue weighted by molar-refractivity contribution is 0.368. The lowest BCUT2D eigenvalue weighted by Crippen LogP contribution is -1.90. The number of phenols is 2. The smallest absolute Gasteiger partial charge is 0.201 e. The normalized spacial score (nSPS) is 14.9. The molecule has 1 aliphatic heterocycles. The summed E-state index contributed by atoms with van der Waals surface area (Å²) in [6, 6.07) is 9.09. The molecule has 0 unspecified atom stereocenters. The third kappa shape index (κ3) is 2.40. The van der Waals surface area contributed by atoms with Crippen LogP contribution >= 0.6 is 0 Å². The molecule has 0 saturated carbocycles. The molecule has 0 spiro atoms. The van der Waals surface area contributed by atoms with Crippen LogP contribution in [0.2, 0.25) is 0 Å². The van der Waals surface area contributed by atoms with E-state index in [0.717, 1.165) is 28.2 Å². The van der Waals surface area contributed by atoms with Crippen molar-refractivity contribution in [3.63, 3.8) is 0 Å². The van der Waals surface area contributed by atoms with E-state index in [2.05, 4.69) is 0 Å². The molecular formula is C17H16O4. The number of hydrogen-bond donors (Lipinski definition) is 2. The summed E-state index contributed by atoms with van der Waals surface area (Å²) in [7, 11) is 1.65. The molecule has 2 N–H and O–H groups in total. The number of aryl methyl sites for hydroxylation is 1. The average Bonchev–Trinajstić information content (AvgIpc) is 2.87. The van der Waals surface area contributed by atoms with Crippen LogP contribution in [0.15, 0.2) is 36.1 Å². The van der Waals surface area contributed by atoms with Gasteiger partial charge in [-0.3, -0.25) is 0 Å². The highest BCUT2D eigenvalue weighted by molar-refractivity contribution is 5.62. The van der Waals surface area contributed by atoms with E-state index in [-0.39, 0.29) is 11.5 Å². The highest BCUT2D eigenvalue weighted by Gasteiger charge is 2.23. The van der Waals surface area contributed by atoms with Gasteiger partial charge in [0.2, 0.25) is 5.75 Å². The number of methoxy groups -OCH3 is 1. The summed E-state index contributed by atoms with van der Waals surface area (Å²) < 4.78 is 10.9. The molecule has 4 heteroatoms. The maximum atomic E-state index is 9.80. The molecule has 0 fully saturated rings. The summed E-state index contributed by atoms with van der Waals surface area (Å²) in [4.78, 5) is 0. The van der Waals surface area contributed by atoms with E-state index in [4.69, 9.17) is 9.47 Å². The van der Waals surface area contributed by atoms with Gasteiger partial charge in [0.05, 0.1) is 7.11 Å². The SMILES string of the molecule is COc1ccc(C=C2Cc3ccc(O)c(O)c3O2)cc1C. The molecule has 0 aliphatic carbocycles. The molecular weight excluding hydrogens is 268 g/mol. The number of fused-ring (bicyclic) bond motifs is 1. The van der Waals surface area contributed by atoms with Gasteiger partial charge in [-0.1, -0.05) is 12.1 Å². The average molecular weight is 284 g/mol. The number of aromatic hydroxyl groups is 2. The molecule has 0 radical (unpaired) electrons. The zero-order valence-electron chi connectivity index (χ0n) is 11.9. The fourth-order valence-electron chi connectivity index (χ4n) is 2.47. The molecule has 2 aromatic rings. The van der Waals surface area contributed by atoms with Crippen LogP contribution in [0.25, 0.3) is 6.08 Å². The van der Waals surface area contributed by atoms with E-state index in [1.165, 1.54) is 6.07 Å². The van der Waals surface area contributed by atoms with Gasteiger partial charge in [0.15, 0.2) is 11.5 Å². The van der Waals surface area contributed by atoms with Crippen molar-refractivity contribution in [1.29, 1.82) is 0 Å². The van der Waals surface area contributed by atoms with Crippen molar-refractivity contribution in [3.8, 4) is 23.0 Å². The second-order valence-corrected chi connectivity index (χ2v) is 5.04. The van der Waals surface area contributed by atoms with E-state index in [0.29, 0.717) is 12.2 Å². The molecule has 108 valence electrons. The Morgan fingerprint density at radius 3 is 2.71 bits per heavy atom. The first-order valence-electron chi connectivity index (χ1n) is 6.65. The Labute approximate surface area is 122 Å². The third-order valence-electron chi connectivity index (χ3n) is 3.54. The Morgan fingerprint density at radius 2 is 2.00 bits per heavy atom. The summed E-state index contributed by atoms with van der Waals surface area (Å²) in [6.07, 6.45) is 2.51. The Morgan fingerprint density at radius 1 is 1.19 bits per heavy atom. The number of hydrogen-bond acceptors (Lipinski definition) is 4. The largest absolute Gasteiger partial charge is 0.504 e. The number of ether oxygens (including phenoxy) is 2. The molecule has 2 aromatic carbocycles. The first-order valence-corrected chi connectivity index (χ1v) is 6.65. The Bertz CT molecular complexity index is 732. The molecule has 1 heterocycles. The lowest BCUT2D eigenvalue weighted by atomic mass is 10.1. The van der Waals surface area contributed by atoms with Gasteiger partial charge in [-0.2, -0.15) is 0 Å². The zero-order chi connectivity index (χ0) is 15.0. The lowest BCUT2D eigenvalue weighted by Gasteiger charge is -2.06. The van der Waals surface area contributed by atoms with Crippen LogP contribution in [-0.4, -0.2) is 17.3 Å². The van der Waals surface area contributed by atoms with Crippen LogP contribution in [0.3, 0.4) is 0 Å². The quantitative estimate of drug-likeness (QED) is 0.830. The maximum Gasteiger partial charge on any atom is 0.201 e. The Balaban J connectivity index is 1.90. The van der Waals surface area contributed by atoms with Crippen molar-refractivity contribution < 1.29 is 19.7 Å². The van der Waals surface area contributed by atoms with Crippen LogP contribution in [0.1, 0.15) is 16.7 Å². The molecule has 0 atom stereocenters. The second-order valence-electron chi connectivity index (χ2n) is 5.04. The van der Waals surface area contributed by atoms with E-state index in [1.807, 2.05) is 31.2 Å². The highest BCUT2D eigenvalue weighted by Crippen LogP contribution is 2.44. The number of rotatable bonds is 2. The summed E-state index contributed by atoms with van der Waals surface area (Å²) in [5.41, 5.74) is 2.91. The summed E-state index contributed by atoms with van der Waals surface area (Å²) in [5, 5.41) is 19.3. The fourth-order valence-corrected chi connectivity index (χ4v) is 2.47. The van der Waals surface area contributed by atoms with E-state index < -0.39 is 0 Å². The molecule has 0 bridgehead atoms. The van der Waals surface area contributed by atoms with Crippen molar-refractivity contribution in [2.45, 2.75) is 13.3 Å². The summed E-state index contributed by atoms with van der Waals surface area (Å²) in [5.74, 6) is 1.54. The van der Waals surface area contributed by atoms with Crippen LogP contribution < -0.4 is 9.47 Å².